The Labute approximate surface area is 116 Å². The lowest BCUT2D eigenvalue weighted by Gasteiger charge is -2.17. The van der Waals surface area contributed by atoms with Crippen molar-refractivity contribution in [2.24, 2.45) is 0 Å². The molecule has 0 radical (unpaired) electrons. The van der Waals surface area contributed by atoms with E-state index in [4.69, 9.17) is 0 Å². The molecule has 1 nitrogen and oxygen atoms in total. The first-order chi connectivity index (χ1) is 8.15. The zero-order valence-electron chi connectivity index (χ0n) is 10.4. The summed E-state index contributed by atoms with van der Waals surface area (Å²) in [5.74, 6) is 1.80. The van der Waals surface area contributed by atoms with E-state index < -0.39 is 0 Å². The lowest BCUT2D eigenvalue weighted by molar-refractivity contribution is 0.324. The van der Waals surface area contributed by atoms with Gasteiger partial charge in [0, 0.05) is 22.5 Å². The van der Waals surface area contributed by atoms with Crippen molar-refractivity contribution in [2.75, 3.05) is 25.4 Å². The molecular weight excluding hydrogens is 301 g/mol. The molecule has 96 valence electrons. The highest BCUT2D eigenvalue weighted by Crippen LogP contribution is 2.19. The summed E-state index contributed by atoms with van der Waals surface area (Å²) in [7, 11) is 0. The fraction of sp³-hybridized carbons (Fsp3) is 0.538. The molecule has 0 bridgehead atoms. The van der Waals surface area contributed by atoms with E-state index in [9.17, 15) is 4.39 Å². The summed E-state index contributed by atoms with van der Waals surface area (Å²) < 4.78 is 13.9. The number of hydrogen-bond acceptors (Lipinski definition) is 2. The normalized spacial score (nSPS) is 11.1. The van der Waals surface area contributed by atoms with Crippen LogP contribution < -0.4 is 0 Å². The Morgan fingerprint density at radius 3 is 2.53 bits per heavy atom. The van der Waals surface area contributed by atoms with E-state index in [0.717, 1.165) is 41.2 Å². The van der Waals surface area contributed by atoms with Crippen molar-refractivity contribution in [1.29, 1.82) is 0 Å². The molecule has 0 heterocycles. The number of rotatable bonds is 7. The van der Waals surface area contributed by atoms with Gasteiger partial charge in [-0.3, -0.25) is 0 Å². The molecule has 1 aromatic carbocycles. The first-order valence-corrected chi connectivity index (χ1v) is 7.85. The van der Waals surface area contributed by atoms with Gasteiger partial charge in [-0.25, -0.2) is 4.39 Å². The molecule has 1 aromatic rings. The molecule has 0 N–H and O–H groups in total. The molecule has 0 aromatic heterocycles. The second kappa shape index (κ2) is 8.11. The Morgan fingerprint density at radius 2 is 1.94 bits per heavy atom. The molecule has 0 spiro atoms. The Balaban J connectivity index is 2.31. The van der Waals surface area contributed by atoms with Gasteiger partial charge in [-0.2, -0.15) is 11.8 Å². The molecule has 1 rings (SSSR count). The van der Waals surface area contributed by atoms with Crippen LogP contribution in [0.5, 0.6) is 0 Å². The van der Waals surface area contributed by atoms with Crippen molar-refractivity contribution in [3.05, 3.63) is 34.1 Å². The van der Waals surface area contributed by atoms with Crippen molar-refractivity contribution in [1.82, 2.24) is 4.90 Å². The number of nitrogens with zero attached hydrogens (tertiary/aromatic N) is 1. The second-order valence-corrected chi connectivity index (χ2v) is 5.88. The van der Waals surface area contributed by atoms with E-state index >= 15 is 0 Å². The quantitative estimate of drug-likeness (QED) is 0.694. The van der Waals surface area contributed by atoms with Gasteiger partial charge >= 0.3 is 0 Å². The van der Waals surface area contributed by atoms with Crippen LogP contribution >= 0.6 is 27.7 Å². The average Bonchev–Trinajstić information content (AvgIpc) is 2.28. The van der Waals surface area contributed by atoms with Gasteiger partial charge in [-0.15, -0.1) is 0 Å². The van der Waals surface area contributed by atoms with E-state index in [2.05, 4.69) is 34.7 Å². The van der Waals surface area contributed by atoms with Gasteiger partial charge in [0.1, 0.15) is 5.82 Å². The molecule has 0 aliphatic carbocycles. The van der Waals surface area contributed by atoms with Crippen LogP contribution in [-0.4, -0.2) is 30.3 Å². The summed E-state index contributed by atoms with van der Waals surface area (Å²) in [6.07, 6.45) is 0. The number of halogens is 2. The van der Waals surface area contributed by atoms with Crippen molar-refractivity contribution >= 4 is 27.7 Å². The minimum atomic E-state index is -0.168. The largest absolute Gasteiger partial charge is 0.303 e. The second-order valence-electron chi connectivity index (χ2n) is 3.86. The van der Waals surface area contributed by atoms with Crippen LogP contribution in [0.1, 0.15) is 19.4 Å². The molecule has 0 fully saturated rings. The van der Waals surface area contributed by atoms with Gasteiger partial charge in [-0.05, 0) is 36.9 Å². The third-order valence-corrected chi connectivity index (χ3v) is 4.10. The maximum Gasteiger partial charge on any atom is 0.124 e. The molecule has 0 aliphatic heterocycles. The van der Waals surface area contributed by atoms with Crippen molar-refractivity contribution in [3.8, 4) is 0 Å². The Bertz CT molecular complexity index is 322. The topological polar surface area (TPSA) is 3.24 Å². The summed E-state index contributed by atoms with van der Waals surface area (Å²) in [5.41, 5.74) is 1.04. The third kappa shape index (κ3) is 5.89. The van der Waals surface area contributed by atoms with Gasteiger partial charge in [0.05, 0.1) is 0 Å². The molecule has 0 saturated heterocycles. The summed E-state index contributed by atoms with van der Waals surface area (Å²) >= 11 is 5.16. The molecule has 0 saturated carbocycles. The molecule has 0 unspecified atom stereocenters. The van der Waals surface area contributed by atoms with Gasteiger partial charge < -0.3 is 4.90 Å². The minimum absolute atomic E-state index is 0.168. The predicted octanol–water partition coefficient (Wildman–Crippen LogP) is 4.16. The van der Waals surface area contributed by atoms with Gasteiger partial charge in [0.15, 0.2) is 0 Å². The monoisotopic (exact) mass is 319 g/mol. The van der Waals surface area contributed by atoms with E-state index in [0.29, 0.717) is 0 Å². The van der Waals surface area contributed by atoms with Crippen LogP contribution in [0.4, 0.5) is 4.39 Å². The fourth-order valence-electron chi connectivity index (χ4n) is 1.62. The summed E-state index contributed by atoms with van der Waals surface area (Å²) in [5, 5.41) is 0. The van der Waals surface area contributed by atoms with E-state index in [1.807, 2.05) is 17.8 Å². The van der Waals surface area contributed by atoms with Crippen molar-refractivity contribution in [2.45, 2.75) is 19.6 Å². The number of hydrogen-bond donors (Lipinski definition) is 0. The maximum atomic E-state index is 13.1. The maximum absolute atomic E-state index is 13.1. The molecule has 17 heavy (non-hydrogen) atoms. The van der Waals surface area contributed by atoms with Crippen molar-refractivity contribution in [3.63, 3.8) is 0 Å². The molecule has 4 heteroatoms. The van der Waals surface area contributed by atoms with Crippen molar-refractivity contribution < 1.29 is 4.39 Å². The lowest BCUT2D eigenvalue weighted by atomic mass is 10.2. The van der Waals surface area contributed by atoms with E-state index in [1.165, 1.54) is 6.07 Å². The predicted molar refractivity (Wildman–Crippen MR) is 78.1 cm³/mol. The zero-order valence-corrected chi connectivity index (χ0v) is 12.8. The molecular formula is C13H19BrFNS. The van der Waals surface area contributed by atoms with E-state index in [1.54, 1.807) is 6.07 Å². The highest BCUT2D eigenvalue weighted by molar-refractivity contribution is 9.10. The summed E-state index contributed by atoms with van der Waals surface area (Å²) in [6.45, 7) is 7.66. The smallest absolute Gasteiger partial charge is 0.124 e. The van der Waals surface area contributed by atoms with Crippen LogP contribution in [0.25, 0.3) is 0 Å². The fourth-order valence-corrected chi connectivity index (χ4v) is 3.06. The third-order valence-electron chi connectivity index (χ3n) is 2.64. The van der Waals surface area contributed by atoms with Gasteiger partial charge in [0.2, 0.25) is 0 Å². The molecule has 0 atom stereocenters. The number of benzene rings is 1. The molecule has 0 aliphatic rings. The lowest BCUT2D eigenvalue weighted by Crippen LogP contribution is -2.25. The zero-order chi connectivity index (χ0) is 12.7. The highest BCUT2D eigenvalue weighted by Gasteiger charge is 2.01. The molecule has 0 amide bonds. The van der Waals surface area contributed by atoms with E-state index in [-0.39, 0.29) is 5.82 Å². The first kappa shape index (κ1) is 15.0. The summed E-state index contributed by atoms with van der Waals surface area (Å²) in [4.78, 5) is 2.40. The highest BCUT2D eigenvalue weighted by atomic mass is 79.9. The van der Waals surface area contributed by atoms with Gasteiger partial charge in [-0.1, -0.05) is 29.8 Å². The first-order valence-electron chi connectivity index (χ1n) is 5.90. The standard InChI is InChI=1S/C13H19BrFNS/c1-3-16(4-2)5-6-17-10-11-7-12(14)9-13(15)8-11/h7-9H,3-6,10H2,1-2H3. The van der Waals surface area contributed by atoms with Crippen LogP contribution in [0.2, 0.25) is 0 Å². The number of thioether (sulfide) groups is 1. The van der Waals surface area contributed by atoms with Crippen LogP contribution in [-0.2, 0) is 5.75 Å². The Hall–Kier alpha value is -0.0600. The summed E-state index contributed by atoms with van der Waals surface area (Å²) in [6, 6.07) is 5.08. The van der Waals surface area contributed by atoms with Crippen LogP contribution in [0.15, 0.2) is 22.7 Å². The Morgan fingerprint density at radius 1 is 1.24 bits per heavy atom. The minimum Gasteiger partial charge on any atom is -0.303 e. The van der Waals surface area contributed by atoms with Crippen LogP contribution in [0.3, 0.4) is 0 Å². The SMILES string of the molecule is CCN(CC)CCSCc1cc(F)cc(Br)c1. The Kier molecular flexibility index (Phi) is 7.16. The van der Waals surface area contributed by atoms with Crippen LogP contribution in [0, 0.1) is 5.82 Å². The van der Waals surface area contributed by atoms with Gasteiger partial charge in [0.25, 0.3) is 0 Å². The average molecular weight is 320 g/mol.